The van der Waals surface area contributed by atoms with Crippen LogP contribution in [0.1, 0.15) is 6.92 Å². The standard InChI is InChI=1S/C7H14BF3NO/c1-7-6-12(4-5-13-7)3-2-8(9,10)11/h7H,2-6H2,1H3/q-1. The first kappa shape index (κ1) is 10.9. The third-order valence-electron chi connectivity index (χ3n) is 2.10. The summed E-state index contributed by atoms with van der Waals surface area (Å²) in [7, 11) is 0. The quantitative estimate of drug-likeness (QED) is 0.635. The van der Waals surface area contributed by atoms with E-state index >= 15 is 0 Å². The van der Waals surface area contributed by atoms with Crippen LogP contribution in [0.25, 0.3) is 0 Å². The lowest BCUT2D eigenvalue weighted by Gasteiger charge is -2.32. The Balaban J connectivity index is 2.21. The van der Waals surface area contributed by atoms with Crippen LogP contribution in [0.2, 0.25) is 6.32 Å². The van der Waals surface area contributed by atoms with Gasteiger partial charge in [0.25, 0.3) is 0 Å². The Kier molecular flexibility index (Phi) is 3.61. The molecule has 1 aliphatic rings. The summed E-state index contributed by atoms with van der Waals surface area (Å²) in [6.07, 6.45) is -0.596. The second-order valence-corrected chi connectivity index (χ2v) is 3.48. The maximum atomic E-state index is 11.9. The maximum absolute atomic E-state index is 11.9. The summed E-state index contributed by atoms with van der Waals surface area (Å²) in [6, 6.07) is 0. The van der Waals surface area contributed by atoms with Crippen LogP contribution in [0.15, 0.2) is 0 Å². The Morgan fingerprint density at radius 2 is 2.15 bits per heavy atom. The Morgan fingerprint density at radius 3 is 2.69 bits per heavy atom. The molecule has 0 N–H and O–H groups in total. The predicted molar refractivity (Wildman–Crippen MR) is 45.7 cm³/mol. The van der Waals surface area contributed by atoms with Crippen LogP contribution >= 0.6 is 0 Å². The molecule has 0 aromatic rings. The number of hydrogen-bond acceptors (Lipinski definition) is 2. The molecule has 1 unspecified atom stereocenters. The minimum absolute atomic E-state index is 0.0643. The Morgan fingerprint density at radius 1 is 1.46 bits per heavy atom. The van der Waals surface area contributed by atoms with Crippen LogP contribution in [0.4, 0.5) is 12.9 Å². The molecule has 0 aliphatic carbocycles. The summed E-state index contributed by atoms with van der Waals surface area (Å²) in [4.78, 5) is 1.81. The molecular formula is C7H14BF3NO-. The molecule has 6 heteroatoms. The number of rotatable bonds is 3. The largest absolute Gasteiger partial charge is 0.479 e. The third kappa shape index (κ3) is 4.52. The first-order chi connectivity index (χ1) is 5.97. The van der Waals surface area contributed by atoms with Gasteiger partial charge in [0, 0.05) is 13.1 Å². The zero-order valence-corrected chi connectivity index (χ0v) is 7.68. The van der Waals surface area contributed by atoms with E-state index in [1.54, 1.807) is 0 Å². The van der Waals surface area contributed by atoms with Gasteiger partial charge in [-0.05, 0) is 13.5 Å². The molecule has 0 amide bonds. The molecule has 13 heavy (non-hydrogen) atoms. The average molecular weight is 196 g/mol. The third-order valence-corrected chi connectivity index (χ3v) is 2.10. The van der Waals surface area contributed by atoms with E-state index in [0.717, 1.165) is 0 Å². The van der Waals surface area contributed by atoms with Gasteiger partial charge in [-0.15, -0.1) is 0 Å². The van der Waals surface area contributed by atoms with Gasteiger partial charge in [-0.25, -0.2) is 0 Å². The highest BCUT2D eigenvalue weighted by Crippen LogP contribution is 2.16. The fraction of sp³-hybridized carbons (Fsp3) is 1.00. The van der Waals surface area contributed by atoms with E-state index in [2.05, 4.69) is 0 Å². The van der Waals surface area contributed by atoms with Crippen LogP contribution in [0.3, 0.4) is 0 Å². The number of nitrogens with zero attached hydrogens (tertiary/aromatic N) is 1. The molecule has 0 aromatic heterocycles. The molecule has 1 rings (SSSR count). The van der Waals surface area contributed by atoms with Crippen molar-refractivity contribution in [3.05, 3.63) is 0 Å². The summed E-state index contributed by atoms with van der Waals surface area (Å²) in [5.41, 5.74) is 0. The summed E-state index contributed by atoms with van der Waals surface area (Å²) >= 11 is 0. The van der Waals surface area contributed by atoms with Crippen molar-refractivity contribution in [2.24, 2.45) is 0 Å². The Hall–Kier alpha value is -0.225. The van der Waals surface area contributed by atoms with Crippen molar-refractivity contribution in [1.82, 2.24) is 4.90 Å². The molecular weight excluding hydrogens is 182 g/mol. The van der Waals surface area contributed by atoms with Gasteiger partial charge in [-0.3, -0.25) is 0 Å². The molecule has 1 fully saturated rings. The highest BCUT2D eigenvalue weighted by molar-refractivity contribution is 6.58. The maximum Gasteiger partial charge on any atom is 0.479 e. The molecule has 0 radical (unpaired) electrons. The lowest BCUT2D eigenvalue weighted by molar-refractivity contribution is -0.0168. The first-order valence-corrected chi connectivity index (χ1v) is 4.52. The SMILES string of the molecule is CC1CN(CC[B-](F)(F)F)CCO1. The zero-order chi connectivity index (χ0) is 9.90. The normalized spacial score (nSPS) is 26.3. The fourth-order valence-electron chi connectivity index (χ4n) is 1.42. The number of hydrogen-bond donors (Lipinski definition) is 0. The molecule has 1 saturated heterocycles. The molecule has 1 atom stereocenters. The van der Waals surface area contributed by atoms with Crippen molar-refractivity contribution in [2.75, 3.05) is 26.2 Å². The van der Waals surface area contributed by atoms with Gasteiger partial charge in [0.1, 0.15) is 0 Å². The molecule has 78 valence electrons. The predicted octanol–water partition coefficient (Wildman–Crippen LogP) is 1.55. The van der Waals surface area contributed by atoms with Gasteiger partial charge in [0.2, 0.25) is 0 Å². The van der Waals surface area contributed by atoms with Crippen LogP contribution < -0.4 is 0 Å². The van der Waals surface area contributed by atoms with Gasteiger partial charge in [0.15, 0.2) is 0 Å². The van der Waals surface area contributed by atoms with E-state index in [0.29, 0.717) is 19.7 Å². The lowest BCUT2D eigenvalue weighted by Crippen LogP contribution is -2.42. The lowest BCUT2D eigenvalue weighted by atomic mass is 9.86. The van der Waals surface area contributed by atoms with E-state index in [-0.39, 0.29) is 12.6 Å². The second kappa shape index (κ2) is 4.33. The van der Waals surface area contributed by atoms with Crippen molar-refractivity contribution >= 4 is 6.98 Å². The first-order valence-electron chi connectivity index (χ1n) is 4.52. The van der Waals surface area contributed by atoms with Crippen LogP contribution in [-0.2, 0) is 4.74 Å². The summed E-state index contributed by atoms with van der Waals surface area (Å²) < 4.78 is 41.0. The number of morpholine rings is 1. The topological polar surface area (TPSA) is 12.5 Å². The Labute approximate surface area is 76.1 Å². The average Bonchev–Trinajstić information content (AvgIpc) is 2.00. The van der Waals surface area contributed by atoms with E-state index in [1.165, 1.54) is 0 Å². The monoisotopic (exact) mass is 196 g/mol. The molecule has 0 aromatic carbocycles. The van der Waals surface area contributed by atoms with E-state index in [1.807, 2.05) is 11.8 Å². The molecule has 1 aliphatic heterocycles. The van der Waals surface area contributed by atoms with E-state index in [9.17, 15) is 12.9 Å². The van der Waals surface area contributed by atoms with Crippen molar-refractivity contribution in [3.63, 3.8) is 0 Å². The van der Waals surface area contributed by atoms with Crippen LogP contribution in [-0.4, -0.2) is 44.2 Å². The molecule has 2 nitrogen and oxygen atoms in total. The molecule has 0 saturated carbocycles. The Bertz CT molecular complexity index is 164. The highest BCUT2D eigenvalue weighted by atomic mass is 19.4. The highest BCUT2D eigenvalue weighted by Gasteiger charge is 2.25. The summed E-state index contributed by atoms with van der Waals surface area (Å²) in [5.74, 6) is 0. The summed E-state index contributed by atoms with van der Waals surface area (Å²) in [5, 5.41) is 0. The molecule has 0 bridgehead atoms. The van der Waals surface area contributed by atoms with Gasteiger partial charge >= 0.3 is 6.98 Å². The summed E-state index contributed by atoms with van der Waals surface area (Å²) in [6.45, 7) is -0.839. The molecule has 1 heterocycles. The van der Waals surface area contributed by atoms with Crippen LogP contribution in [0.5, 0.6) is 0 Å². The van der Waals surface area contributed by atoms with Gasteiger partial charge < -0.3 is 22.6 Å². The number of ether oxygens (including phenoxy) is 1. The zero-order valence-electron chi connectivity index (χ0n) is 7.68. The van der Waals surface area contributed by atoms with Crippen molar-refractivity contribution < 1.29 is 17.7 Å². The smallest absolute Gasteiger partial charge is 0.449 e. The minimum Gasteiger partial charge on any atom is -0.449 e. The van der Waals surface area contributed by atoms with Crippen molar-refractivity contribution in [3.8, 4) is 0 Å². The van der Waals surface area contributed by atoms with Crippen LogP contribution in [0, 0.1) is 0 Å². The number of halogens is 3. The van der Waals surface area contributed by atoms with Gasteiger partial charge in [-0.1, -0.05) is 6.32 Å². The molecule has 0 spiro atoms. The van der Waals surface area contributed by atoms with E-state index < -0.39 is 13.3 Å². The second-order valence-electron chi connectivity index (χ2n) is 3.48. The van der Waals surface area contributed by atoms with Gasteiger partial charge in [-0.2, -0.15) is 0 Å². The fourth-order valence-corrected chi connectivity index (χ4v) is 1.42. The minimum atomic E-state index is -4.63. The van der Waals surface area contributed by atoms with Crippen molar-refractivity contribution in [2.45, 2.75) is 19.3 Å². The van der Waals surface area contributed by atoms with Gasteiger partial charge in [0.05, 0.1) is 12.7 Å². The van der Waals surface area contributed by atoms with E-state index in [4.69, 9.17) is 4.74 Å². The van der Waals surface area contributed by atoms with Crippen molar-refractivity contribution in [1.29, 1.82) is 0 Å².